The van der Waals surface area contributed by atoms with Crippen LogP contribution >= 0.6 is 11.3 Å². The van der Waals surface area contributed by atoms with E-state index in [1.165, 1.54) is 29.8 Å². The van der Waals surface area contributed by atoms with E-state index in [-0.39, 0.29) is 6.04 Å². The maximum absolute atomic E-state index is 4.38. The number of hydrogen-bond acceptors (Lipinski definition) is 4. The Morgan fingerprint density at radius 3 is 2.68 bits per heavy atom. The summed E-state index contributed by atoms with van der Waals surface area (Å²) in [5.74, 6) is 0.852. The molecule has 1 aromatic carbocycles. The molecule has 100 valence electrons. The second-order valence-electron chi connectivity index (χ2n) is 5.17. The Balaban J connectivity index is 1.76. The lowest BCUT2D eigenvalue weighted by atomic mass is 9.83. The van der Waals surface area contributed by atoms with Gasteiger partial charge in [-0.3, -0.25) is 0 Å². The van der Waals surface area contributed by atoms with Gasteiger partial charge in [-0.25, -0.2) is 0 Å². The third kappa shape index (κ3) is 2.85. The van der Waals surface area contributed by atoms with Crippen LogP contribution in [0.4, 0.5) is 0 Å². The largest absolute Gasteiger partial charge is 0.307 e. The molecule has 1 fully saturated rings. The lowest BCUT2D eigenvalue weighted by Gasteiger charge is -2.23. The van der Waals surface area contributed by atoms with Gasteiger partial charge in [-0.2, -0.15) is 0 Å². The molecule has 0 saturated heterocycles. The fourth-order valence-electron chi connectivity index (χ4n) is 2.49. The molecule has 1 heterocycles. The SMILES string of the molecule is CNC(c1ccccc1)c1nnc(CC2CCC2)s1. The van der Waals surface area contributed by atoms with Crippen LogP contribution in [0.3, 0.4) is 0 Å². The topological polar surface area (TPSA) is 37.8 Å². The van der Waals surface area contributed by atoms with Crippen molar-refractivity contribution in [1.82, 2.24) is 15.5 Å². The molecule has 19 heavy (non-hydrogen) atoms. The Morgan fingerprint density at radius 1 is 1.26 bits per heavy atom. The highest BCUT2D eigenvalue weighted by atomic mass is 32.1. The monoisotopic (exact) mass is 273 g/mol. The number of rotatable bonds is 5. The van der Waals surface area contributed by atoms with Crippen LogP contribution in [0.25, 0.3) is 0 Å². The van der Waals surface area contributed by atoms with Crippen molar-refractivity contribution in [3.63, 3.8) is 0 Å². The third-order valence-electron chi connectivity index (χ3n) is 3.84. The number of aromatic nitrogens is 2. The molecule has 0 aliphatic heterocycles. The first-order chi connectivity index (χ1) is 9.36. The quantitative estimate of drug-likeness (QED) is 0.909. The van der Waals surface area contributed by atoms with Crippen molar-refractivity contribution >= 4 is 11.3 Å². The summed E-state index contributed by atoms with van der Waals surface area (Å²) in [6, 6.07) is 10.6. The van der Waals surface area contributed by atoms with Crippen molar-refractivity contribution in [3.8, 4) is 0 Å². The zero-order chi connectivity index (χ0) is 13.1. The molecule has 1 aliphatic carbocycles. The average Bonchev–Trinajstić information content (AvgIpc) is 2.85. The fourth-order valence-corrected chi connectivity index (χ4v) is 3.58. The first kappa shape index (κ1) is 12.8. The van der Waals surface area contributed by atoms with Crippen LogP contribution in [0.5, 0.6) is 0 Å². The van der Waals surface area contributed by atoms with E-state index in [0.717, 1.165) is 17.3 Å². The summed E-state index contributed by atoms with van der Waals surface area (Å²) in [4.78, 5) is 0. The van der Waals surface area contributed by atoms with Crippen molar-refractivity contribution < 1.29 is 0 Å². The van der Waals surface area contributed by atoms with Crippen LogP contribution in [0.2, 0.25) is 0 Å². The average molecular weight is 273 g/mol. The highest BCUT2D eigenvalue weighted by Gasteiger charge is 2.22. The molecule has 3 nitrogen and oxygen atoms in total. The summed E-state index contributed by atoms with van der Waals surface area (Å²) in [6.07, 6.45) is 5.23. The zero-order valence-corrected chi connectivity index (χ0v) is 12.0. The lowest BCUT2D eigenvalue weighted by molar-refractivity contribution is 0.313. The number of benzene rings is 1. The Bertz CT molecular complexity index is 519. The van der Waals surface area contributed by atoms with Crippen LogP contribution in [-0.2, 0) is 6.42 Å². The number of nitrogens with zero attached hydrogens (tertiary/aromatic N) is 2. The molecule has 2 aromatic rings. The van der Waals surface area contributed by atoms with E-state index >= 15 is 0 Å². The lowest BCUT2D eigenvalue weighted by Crippen LogP contribution is -2.17. The molecule has 1 aromatic heterocycles. The van der Waals surface area contributed by atoms with Crippen molar-refractivity contribution in [2.45, 2.75) is 31.7 Å². The first-order valence-corrected chi connectivity index (χ1v) is 7.73. The molecule has 1 unspecified atom stereocenters. The molecule has 1 N–H and O–H groups in total. The summed E-state index contributed by atoms with van der Waals surface area (Å²) in [7, 11) is 1.98. The minimum Gasteiger partial charge on any atom is -0.307 e. The molecular weight excluding hydrogens is 254 g/mol. The van der Waals surface area contributed by atoms with Gasteiger partial charge in [0.2, 0.25) is 0 Å². The Morgan fingerprint density at radius 2 is 2.05 bits per heavy atom. The van der Waals surface area contributed by atoms with Crippen LogP contribution in [0.1, 0.15) is 40.9 Å². The van der Waals surface area contributed by atoms with Gasteiger partial charge in [0.15, 0.2) is 0 Å². The predicted octanol–water partition coefficient (Wildman–Crippen LogP) is 3.19. The summed E-state index contributed by atoms with van der Waals surface area (Å²) in [5.41, 5.74) is 1.25. The summed E-state index contributed by atoms with van der Waals surface area (Å²) in [6.45, 7) is 0. The summed E-state index contributed by atoms with van der Waals surface area (Å²) >= 11 is 1.75. The third-order valence-corrected chi connectivity index (χ3v) is 4.85. The predicted molar refractivity (Wildman–Crippen MR) is 78.3 cm³/mol. The number of nitrogens with one attached hydrogen (secondary N) is 1. The van der Waals surface area contributed by atoms with Gasteiger partial charge >= 0.3 is 0 Å². The van der Waals surface area contributed by atoms with Gasteiger partial charge in [-0.1, -0.05) is 60.9 Å². The van der Waals surface area contributed by atoms with E-state index in [1.807, 2.05) is 13.1 Å². The molecule has 0 amide bonds. The first-order valence-electron chi connectivity index (χ1n) is 6.91. The molecule has 0 spiro atoms. The van der Waals surface area contributed by atoms with Crippen molar-refractivity contribution in [3.05, 3.63) is 45.9 Å². The second-order valence-corrected chi connectivity index (χ2v) is 6.26. The molecule has 4 heteroatoms. The standard InChI is InChI=1S/C15H19N3S/c1-16-14(12-8-3-2-4-9-12)15-18-17-13(19-15)10-11-6-5-7-11/h2-4,8-9,11,14,16H,5-7,10H2,1H3. The van der Waals surface area contributed by atoms with Crippen LogP contribution in [0.15, 0.2) is 30.3 Å². The molecule has 0 bridgehead atoms. The van der Waals surface area contributed by atoms with Gasteiger partial charge in [0.1, 0.15) is 10.0 Å². The van der Waals surface area contributed by atoms with Crippen molar-refractivity contribution in [2.75, 3.05) is 7.05 Å². The maximum Gasteiger partial charge on any atom is 0.139 e. The van der Waals surface area contributed by atoms with E-state index in [4.69, 9.17) is 0 Å². The highest BCUT2D eigenvalue weighted by Crippen LogP contribution is 2.32. The Kier molecular flexibility index (Phi) is 3.89. The maximum atomic E-state index is 4.38. The second kappa shape index (κ2) is 5.80. The minimum absolute atomic E-state index is 0.161. The molecule has 1 atom stereocenters. The van der Waals surface area contributed by atoms with E-state index in [0.29, 0.717) is 0 Å². The summed E-state index contributed by atoms with van der Waals surface area (Å²) in [5, 5.41) is 14.3. The van der Waals surface area contributed by atoms with E-state index < -0.39 is 0 Å². The van der Waals surface area contributed by atoms with Gasteiger partial charge in [0.25, 0.3) is 0 Å². The fraction of sp³-hybridized carbons (Fsp3) is 0.467. The van der Waals surface area contributed by atoms with Gasteiger partial charge < -0.3 is 5.32 Å². The van der Waals surface area contributed by atoms with Crippen LogP contribution in [-0.4, -0.2) is 17.2 Å². The molecule has 1 aliphatic rings. The molecule has 1 saturated carbocycles. The normalized spacial score (nSPS) is 17.1. The molecule has 0 radical (unpaired) electrons. The summed E-state index contributed by atoms with van der Waals surface area (Å²) < 4.78 is 0. The number of hydrogen-bond donors (Lipinski definition) is 1. The molecular formula is C15H19N3S. The molecule has 3 rings (SSSR count). The van der Waals surface area contributed by atoms with E-state index in [2.05, 4.69) is 39.8 Å². The highest BCUT2D eigenvalue weighted by molar-refractivity contribution is 7.11. The van der Waals surface area contributed by atoms with Gasteiger partial charge in [0.05, 0.1) is 6.04 Å². The minimum atomic E-state index is 0.161. The van der Waals surface area contributed by atoms with Gasteiger partial charge in [-0.05, 0) is 18.5 Å². The zero-order valence-electron chi connectivity index (χ0n) is 11.2. The van der Waals surface area contributed by atoms with Gasteiger partial charge in [-0.15, -0.1) is 10.2 Å². The van der Waals surface area contributed by atoms with E-state index in [1.54, 1.807) is 11.3 Å². The van der Waals surface area contributed by atoms with Crippen molar-refractivity contribution in [1.29, 1.82) is 0 Å². The smallest absolute Gasteiger partial charge is 0.139 e. The van der Waals surface area contributed by atoms with Crippen LogP contribution in [0, 0.1) is 5.92 Å². The van der Waals surface area contributed by atoms with E-state index in [9.17, 15) is 0 Å². The van der Waals surface area contributed by atoms with Gasteiger partial charge in [0, 0.05) is 6.42 Å². The Labute approximate surface area is 118 Å². The van der Waals surface area contributed by atoms with Crippen molar-refractivity contribution in [2.24, 2.45) is 5.92 Å². The Hall–Kier alpha value is -1.26. The van der Waals surface area contributed by atoms with Crippen LogP contribution < -0.4 is 5.32 Å².